The third-order valence-corrected chi connectivity index (χ3v) is 20.2. The number of aromatic nitrogens is 1. The lowest BCUT2D eigenvalue weighted by molar-refractivity contribution is 0.563. The van der Waals surface area contributed by atoms with Crippen molar-refractivity contribution >= 4 is 49.5 Å². The molecule has 0 saturated carbocycles. The van der Waals surface area contributed by atoms with Crippen molar-refractivity contribution in [1.82, 2.24) is 4.57 Å². The maximum absolute atomic E-state index is 3.79. The largest absolute Gasteiger partial charge is 0.329 e. The molecule has 0 N–H and O–H groups in total. The summed E-state index contributed by atoms with van der Waals surface area (Å²) in [5, 5.41) is 5.36. The van der Waals surface area contributed by atoms with E-state index in [1.165, 1.54) is 151 Å². The smallest absolute Gasteiger partial charge is 0.0868 e. The molecule has 6 aliphatic rings. The Morgan fingerprint density at radius 2 is 1.18 bits per heavy atom. The van der Waals surface area contributed by atoms with Gasteiger partial charge < -0.3 is 9.47 Å². The van der Waals surface area contributed by atoms with Gasteiger partial charge in [-0.2, -0.15) is 0 Å². The third kappa shape index (κ3) is 11.4. The number of anilines is 2. The van der Waals surface area contributed by atoms with Crippen LogP contribution in [0.15, 0.2) is 229 Å². The van der Waals surface area contributed by atoms with Gasteiger partial charge in [-0.1, -0.05) is 300 Å². The fraction of sp³-hybridized carbons (Fsp3) is 0.333. The van der Waals surface area contributed by atoms with Crippen LogP contribution in [-0.4, -0.2) is 4.57 Å². The van der Waals surface area contributed by atoms with Gasteiger partial charge in [0.05, 0.1) is 34.1 Å². The van der Waals surface area contributed by atoms with Gasteiger partial charge >= 0.3 is 0 Å². The summed E-state index contributed by atoms with van der Waals surface area (Å²) in [5.74, 6) is 0. The van der Waals surface area contributed by atoms with Crippen LogP contribution >= 0.6 is 0 Å². The maximum atomic E-state index is 3.79. The fourth-order valence-electron chi connectivity index (χ4n) is 15.5. The van der Waals surface area contributed by atoms with Crippen LogP contribution in [0.25, 0.3) is 55.0 Å². The van der Waals surface area contributed by atoms with Gasteiger partial charge in [-0.15, -0.1) is 0 Å². The van der Waals surface area contributed by atoms with Crippen molar-refractivity contribution < 1.29 is 0 Å². The highest BCUT2D eigenvalue weighted by Crippen LogP contribution is 2.66. The number of nitrogens with zero attached hydrogens (tertiary/aromatic N) is 2. The highest BCUT2D eigenvalue weighted by atomic mass is 15.2. The van der Waals surface area contributed by atoms with E-state index in [4.69, 9.17) is 0 Å². The van der Waals surface area contributed by atoms with Gasteiger partial charge in [-0.25, -0.2) is 0 Å². The zero-order valence-electron chi connectivity index (χ0n) is 59.8. The number of hydrogen-bond acceptors (Lipinski definition) is 1. The van der Waals surface area contributed by atoms with E-state index in [1.807, 2.05) is 67.5 Å². The Balaban J connectivity index is 0.000000196. The molecule has 1 atom stereocenters. The van der Waals surface area contributed by atoms with E-state index in [2.05, 4.69) is 287 Å². The molecule has 1 aliphatic carbocycles. The van der Waals surface area contributed by atoms with Crippen molar-refractivity contribution in [2.24, 2.45) is 0 Å². The Kier molecular flexibility index (Phi) is 20.7. The van der Waals surface area contributed by atoms with E-state index >= 15 is 0 Å². The molecule has 6 heterocycles. The highest BCUT2D eigenvalue weighted by molar-refractivity contribution is 6.15. The number of para-hydroxylation sites is 2. The molecule has 0 radical (unpaired) electrons. The average Bonchev–Trinajstić information content (AvgIpc) is 0.965. The summed E-state index contributed by atoms with van der Waals surface area (Å²) in [6.07, 6.45) is 36.4. The van der Waals surface area contributed by atoms with Crippen molar-refractivity contribution in [3.05, 3.63) is 285 Å². The number of rotatable bonds is 10. The standard InChI is InChI=1S/2C41H41N.4C2H6/c1-8-11-16-26(9-2)32-25-29(10-3)40(4,5)34-21-15-22-35-39(34)42-37(32)33-23-28(24-36(38(33)42)41(35,6)7)31-20-14-18-27-17-12-13-19-30(27)31;1-7-8-9-10-12-18-29-23-31-32-25-30(27(2)21-22-28-16-13-11-14-17-28)26-36-38(32)42-37(31)35(24-29)40(3,4)33-19-15-20-34(39(33)42)41(36,5)6;4*1-2/h8,10-25,37H,9H2,1-7H3;7-13,15,19-26H,1,14,16-18H2,2-6H3;4*1-2H3/b11-8-,26-16+,29-10+,32-25-;9-8-,12-10-,27-21+,28-22+;;;;. The molecular formula is C90H106N2. The lowest BCUT2D eigenvalue weighted by Gasteiger charge is -2.56. The summed E-state index contributed by atoms with van der Waals surface area (Å²) in [5.41, 5.74) is 30.4. The Hall–Kier alpha value is -8.20. The minimum Gasteiger partial charge on any atom is -0.329 e. The Morgan fingerprint density at radius 1 is 0.576 bits per heavy atom. The summed E-state index contributed by atoms with van der Waals surface area (Å²) in [6.45, 7) is 48.0. The SMILES string of the molecule is C=C/C=C\C=C/Cc1cc2c3c(c1)c1cc(/C(C)=C/C=C4\CC=CCC4)cc4c1n3-c1c(cccc1C4(C)C)C2(C)C.CC.CC.CC.CC.C\C=C/C=C(CC)/C1=C/C(=C\C)C(C)(C)c2cccc3c2N2c4c(cc(-c5cccc6ccccc56)cc4C3(C)C)C12. The lowest BCUT2D eigenvalue weighted by Crippen LogP contribution is -2.46. The first-order valence-corrected chi connectivity index (χ1v) is 35.0. The van der Waals surface area contributed by atoms with Gasteiger partial charge in [-0.05, 0) is 177 Å². The van der Waals surface area contributed by atoms with E-state index in [0.717, 1.165) is 25.7 Å². The number of benzene rings is 7. The zero-order chi connectivity index (χ0) is 66.6. The first-order chi connectivity index (χ1) is 44.5. The molecule has 2 heteroatoms. The summed E-state index contributed by atoms with van der Waals surface area (Å²) in [4.78, 5) is 2.70. The van der Waals surface area contributed by atoms with Crippen molar-refractivity contribution in [3.63, 3.8) is 0 Å². The highest BCUT2D eigenvalue weighted by Gasteiger charge is 2.52. The molecule has 0 amide bonds. The normalized spacial score (nSPS) is 19.1. The van der Waals surface area contributed by atoms with Crippen LogP contribution in [0, 0.1) is 0 Å². The van der Waals surface area contributed by atoms with Crippen molar-refractivity contribution in [2.45, 2.75) is 198 Å². The van der Waals surface area contributed by atoms with Crippen molar-refractivity contribution in [2.75, 3.05) is 4.90 Å². The number of hydrogen-bond donors (Lipinski definition) is 0. The molecule has 0 spiro atoms. The molecule has 5 aliphatic heterocycles. The van der Waals surface area contributed by atoms with Crippen LogP contribution < -0.4 is 4.90 Å². The minimum absolute atomic E-state index is 0.0940. The molecule has 0 fully saturated rings. The average molecular weight is 1220 g/mol. The molecule has 92 heavy (non-hydrogen) atoms. The first-order valence-electron chi connectivity index (χ1n) is 35.0. The predicted octanol–water partition coefficient (Wildman–Crippen LogP) is 26.5. The molecule has 0 saturated heterocycles. The van der Waals surface area contributed by atoms with Gasteiger partial charge in [0.25, 0.3) is 0 Å². The molecule has 14 rings (SSSR count). The Labute approximate surface area is 555 Å². The lowest BCUT2D eigenvalue weighted by atomic mass is 9.62. The second-order valence-electron chi connectivity index (χ2n) is 26.5. The van der Waals surface area contributed by atoms with E-state index in [1.54, 1.807) is 0 Å². The maximum Gasteiger partial charge on any atom is 0.0868 e. The van der Waals surface area contributed by atoms with Gasteiger partial charge in [0.2, 0.25) is 0 Å². The monoisotopic (exact) mass is 1210 g/mol. The molecule has 2 nitrogen and oxygen atoms in total. The van der Waals surface area contributed by atoms with Gasteiger partial charge in [-0.3, -0.25) is 0 Å². The molecule has 0 bridgehead atoms. The van der Waals surface area contributed by atoms with Crippen LogP contribution in [0.5, 0.6) is 0 Å². The fourth-order valence-corrected chi connectivity index (χ4v) is 15.5. The van der Waals surface area contributed by atoms with E-state index in [9.17, 15) is 0 Å². The zero-order valence-corrected chi connectivity index (χ0v) is 59.8. The van der Waals surface area contributed by atoms with Crippen LogP contribution in [0.1, 0.15) is 226 Å². The second kappa shape index (κ2) is 27.9. The quantitative estimate of drug-likeness (QED) is 0.0979. The Morgan fingerprint density at radius 3 is 1.82 bits per heavy atom. The molecular weight excluding hydrogens is 1110 g/mol. The van der Waals surface area contributed by atoms with E-state index in [-0.39, 0.29) is 27.7 Å². The van der Waals surface area contributed by atoms with Crippen molar-refractivity contribution in [1.29, 1.82) is 0 Å². The van der Waals surface area contributed by atoms with Gasteiger partial charge in [0.1, 0.15) is 0 Å². The second-order valence-corrected chi connectivity index (χ2v) is 26.5. The van der Waals surface area contributed by atoms with Crippen LogP contribution in [0.3, 0.4) is 0 Å². The van der Waals surface area contributed by atoms with Gasteiger partial charge in [0, 0.05) is 38.0 Å². The van der Waals surface area contributed by atoms with Gasteiger partial charge in [0.15, 0.2) is 0 Å². The summed E-state index contributed by atoms with van der Waals surface area (Å²) < 4.78 is 2.63. The third-order valence-electron chi connectivity index (χ3n) is 20.2. The number of fused-ring (bicyclic) bond motifs is 3. The summed E-state index contributed by atoms with van der Waals surface area (Å²) >= 11 is 0. The number of allylic oxidation sites excluding steroid dienone is 17. The topological polar surface area (TPSA) is 8.17 Å². The van der Waals surface area contributed by atoms with Crippen LogP contribution in [0.2, 0.25) is 0 Å². The summed E-state index contributed by atoms with van der Waals surface area (Å²) in [7, 11) is 0. The first kappa shape index (κ1) is 68.2. The molecule has 1 aromatic heterocycles. The van der Waals surface area contributed by atoms with Crippen molar-refractivity contribution in [3.8, 4) is 16.8 Å². The van der Waals surface area contributed by atoms with E-state index < -0.39 is 0 Å². The van der Waals surface area contributed by atoms with E-state index in [0.29, 0.717) is 0 Å². The molecule has 7 aromatic carbocycles. The molecule has 8 aromatic rings. The molecule has 1 unspecified atom stereocenters. The predicted molar refractivity (Wildman–Crippen MR) is 408 cm³/mol. The molecule has 476 valence electrons. The van der Waals surface area contributed by atoms with Crippen LogP contribution in [0.4, 0.5) is 11.4 Å². The van der Waals surface area contributed by atoms with Crippen LogP contribution in [-0.2, 0) is 28.1 Å². The Bertz CT molecular complexity index is 4390. The summed E-state index contributed by atoms with van der Waals surface area (Å²) in [6, 6.07) is 44.6. The minimum atomic E-state index is -0.124.